The van der Waals surface area contributed by atoms with Crippen LogP contribution in [0, 0.1) is 17.7 Å². The summed E-state index contributed by atoms with van der Waals surface area (Å²) in [6.45, 7) is 7.40. The Kier molecular flexibility index (Phi) is 9.93. The number of carbonyl (C=O) groups is 2. The molecule has 0 aliphatic heterocycles. The molecule has 3 rings (SSSR count). The number of rotatable bonds is 10. The molecule has 39 heavy (non-hydrogen) atoms. The summed E-state index contributed by atoms with van der Waals surface area (Å²) in [6, 6.07) is 4.22. The minimum Gasteiger partial charge on any atom is -0.494 e. The van der Waals surface area contributed by atoms with Crippen molar-refractivity contribution in [1.82, 2.24) is 20.2 Å². The molecule has 1 saturated carbocycles. The summed E-state index contributed by atoms with van der Waals surface area (Å²) in [5.74, 6) is 6.55. The van der Waals surface area contributed by atoms with E-state index in [1.165, 1.54) is 31.2 Å². The second kappa shape index (κ2) is 13.1. The molecular weight excluding hydrogens is 503 g/mol. The lowest BCUT2D eigenvalue weighted by Gasteiger charge is -2.28. The normalized spacial score (nSPS) is 13.4. The molecule has 1 aromatic heterocycles. The zero-order valence-electron chi connectivity index (χ0n) is 23.4. The van der Waals surface area contributed by atoms with E-state index in [0.717, 1.165) is 12.8 Å². The van der Waals surface area contributed by atoms with Crippen LogP contribution in [0.4, 0.5) is 26.6 Å². The SMILES string of the molecule is COc1ccc(Nc2ncc(C#CCCCNC(=O)[C@H](C)N(C)C(=O)OC(C)(C)C)c(NC3CC3)n2)cc1F. The van der Waals surface area contributed by atoms with Crippen molar-refractivity contribution < 1.29 is 23.5 Å². The number of aromatic nitrogens is 2. The molecule has 3 N–H and O–H groups in total. The van der Waals surface area contributed by atoms with Crippen molar-refractivity contribution >= 4 is 29.5 Å². The molecule has 0 saturated heterocycles. The van der Waals surface area contributed by atoms with Gasteiger partial charge in [0.15, 0.2) is 11.6 Å². The van der Waals surface area contributed by atoms with Gasteiger partial charge in [0.1, 0.15) is 17.5 Å². The fraction of sp³-hybridized carbons (Fsp3) is 0.500. The number of hydrogen-bond acceptors (Lipinski definition) is 8. The fourth-order valence-corrected chi connectivity index (χ4v) is 3.30. The topological polar surface area (TPSA) is 118 Å². The molecular formula is C28H37FN6O4. The van der Waals surface area contributed by atoms with Crippen LogP contribution in [-0.4, -0.2) is 65.3 Å². The molecule has 0 radical (unpaired) electrons. The first-order valence-corrected chi connectivity index (χ1v) is 12.9. The molecule has 2 aromatic rings. The zero-order valence-corrected chi connectivity index (χ0v) is 23.4. The monoisotopic (exact) mass is 540 g/mol. The standard InChI is InChI=1S/C28H37FN6O4/c1-18(35(5)27(37)39-28(2,3)4)25(36)30-15-9-7-8-10-19-17-31-26(34-24(19)32-20-11-12-20)33-21-13-14-23(38-6)22(29)16-21/h13-14,16-18,20H,7,9,11-12,15H2,1-6H3,(H,30,36)(H2,31,32,33,34)/t18-/m0/s1. The van der Waals surface area contributed by atoms with E-state index in [0.29, 0.717) is 48.4 Å². The van der Waals surface area contributed by atoms with Gasteiger partial charge in [-0.05, 0) is 59.1 Å². The van der Waals surface area contributed by atoms with Gasteiger partial charge in [-0.3, -0.25) is 9.69 Å². The average molecular weight is 541 g/mol. The maximum absolute atomic E-state index is 14.0. The van der Waals surface area contributed by atoms with Crippen LogP contribution in [0.3, 0.4) is 0 Å². The van der Waals surface area contributed by atoms with Crippen molar-refractivity contribution in [3.63, 3.8) is 0 Å². The van der Waals surface area contributed by atoms with Crippen molar-refractivity contribution in [3.8, 4) is 17.6 Å². The van der Waals surface area contributed by atoms with E-state index in [1.807, 2.05) is 0 Å². The van der Waals surface area contributed by atoms with Gasteiger partial charge in [0.25, 0.3) is 0 Å². The van der Waals surface area contributed by atoms with Crippen LogP contribution in [0.1, 0.15) is 58.9 Å². The van der Waals surface area contributed by atoms with Crippen molar-refractivity contribution in [2.24, 2.45) is 0 Å². The lowest BCUT2D eigenvalue weighted by atomic mass is 10.2. The number of methoxy groups -OCH3 is 1. The summed E-state index contributed by atoms with van der Waals surface area (Å²) >= 11 is 0. The molecule has 1 heterocycles. The van der Waals surface area contributed by atoms with Gasteiger partial charge in [-0.15, -0.1) is 0 Å². The summed E-state index contributed by atoms with van der Waals surface area (Å²) in [4.78, 5) is 34.7. The number of likely N-dealkylation sites (N-methyl/N-ethyl adjacent to an activating group) is 1. The second-order valence-corrected chi connectivity index (χ2v) is 10.3. The van der Waals surface area contributed by atoms with E-state index in [-0.39, 0.29) is 11.7 Å². The van der Waals surface area contributed by atoms with Crippen LogP contribution in [0.5, 0.6) is 5.75 Å². The Hall–Kier alpha value is -4.07. The number of halogens is 1. The number of nitrogens with one attached hydrogen (secondary N) is 3. The van der Waals surface area contributed by atoms with E-state index in [2.05, 4.69) is 37.8 Å². The smallest absolute Gasteiger partial charge is 0.410 e. The van der Waals surface area contributed by atoms with Crippen LogP contribution in [-0.2, 0) is 9.53 Å². The largest absolute Gasteiger partial charge is 0.494 e. The minimum atomic E-state index is -0.666. The van der Waals surface area contributed by atoms with Crippen molar-refractivity contribution in [2.45, 2.75) is 71.1 Å². The van der Waals surface area contributed by atoms with Crippen molar-refractivity contribution in [1.29, 1.82) is 0 Å². The first-order valence-electron chi connectivity index (χ1n) is 12.9. The Labute approximate surface area is 229 Å². The van der Waals surface area contributed by atoms with Crippen LogP contribution in [0.15, 0.2) is 24.4 Å². The number of hydrogen-bond donors (Lipinski definition) is 3. The number of anilines is 3. The lowest BCUT2D eigenvalue weighted by molar-refractivity contribution is -0.125. The second-order valence-electron chi connectivity index (χ2n) is 10.3. The Bertz CT molecular complexity index is 1230. The van der Waals surface area contributed by atoms with Crippen LogP contribution in [0.2, 0.25) is 0 Å². The van der Waals surface area contributed by atoms with Gasteiger partial charge in [0.05, 0.1) is 18.9 Å². The maximum atomic E-state index is 14.0. The molecule has 0 bridgehead atoms. The zero-order chi connectivity index (χ0) is 28.6. The van der Waals surface area contributed by atoms with E-state index >= 15 is 0 Å². The van der Waals surface area contributed by atoms with Gasteiger partial charge < -0.3 is 25.4 Å². The lowest BCUT2D eigenvalue weighted by Crippen LogP contribution is -2.47. The van der Waals surface area contributed by atoms with Crippen molar-refractivity contribution in [3.05, 3.63) is 35.8 Å². The summed E-state index contributed by atoms with van der Waals surface area (Å²) in [5, 5.41) is 9.21. The third-order valence-corrected chi connectivity index (χ3v) is 5.76. The number of ether oxygens (including phenoxy) is 2. The molecule has 0 spiro atoms. The number of amides is 2. The quantitative estimate of drug-likeness (QED) is 0.299. The molecule has 11 heteroatoms. The molecule has 10 nitrogen and oxygen atoms in total. The summed E-state index contributed by atoms with van der Waals surface area (Å²) < 4.78 is 24.3. The molecule has 1 aliphatic rings. The van der Waals surface area contributed by atoms with Crippen LogP contribution >= 0.6 is 0 Å². The first-order chi connectivity index (χ1) is 18.5. The van der Waals surface area contributed by atoms with Gasteiger partial charge in [-0.25, -0.2) is 14.2 Å². The van der Waals surface area contributed by atoms with Gasteiger partial charge in [-0.1, -0.05) is 11.8 Å². The number of benzene rings is 1. The third kappa shape index (κ3) is 9.32. The molecule has 0 unspecified atom stereocenters. The van der Waals surface area contributed by atoms with E-state index in [4.69, 9.17) is 9.47 Å². The highest BCUT2D eigenvalue weighted by Crippen LogP contribution is 2.27. The van der Waals surface area contributed by atoms with E-state index in [1.54, 1.807) is 40.0 Å². The Morgan fingerprint density at radius 3 is 2.67 bits per heavy atom. The highest BCUT2D eigenvalue weighted by atomic mass is 19.1. The molecule has 1 fully saturated rings. The van der Waals surface area contributed by atoms with Gasteiger partial charge in [0.2, 0.25) is 11.9 Å². The van der Waals surface area contributed by atoms with E-state index in [9.17, 15) is 14.0 Å². The summed E-state index contributed by atoms with van der Waals surface area (Å²) in [5.41, 5.74) is 0.523. The van der Waals surface area contributed by atoms with Crippen LogP contribution < -0.4 is 20.7 Å². The average Bonchev–Trinajstić information content (AvgIpc) is 3.69. The maximum Gasteiger partial charge on any atom is 0.410 e. The Balaban J connectivity index is 1.52. The van der Waals surface area contributed by atoms with Gasteiger partial charge in [0, 0.05) is 37.8 Å². The molecule has 1 aliphatic carbocycles. The Morgan fingerprint density at radius 2 is 2.03 bits per heavy atom. The predicted octanol–water partition coefficient (Wildman–Crippen LogP) is 4.45. The highest BCUT2D eigenvalue weighted by Gasteiger charge is 2.26. The number of carbonyl (C=O) groups excluding carboxylic acids is 2. The van der Waals surface area contributed by atoms with Gasteiger partial charge >= 0.3 is 6.09 Å². The Morgan fingerprint density at radius 1 is 1.28 bits per heavy atom. The number of nitrogens with zero attached hydrogens (tertiary/aromatic N) is 3. The molecule has 2 amide bonds. The molecule has 1 aromatic carbocycles. The summed E-state index contributed by atoms with van der Waals surface area (Å²) in [7, 11) is 2.95. The first kappa shape index (κ1) is 29.5. The number of unbranched alkanes of at least 4 members (excludes halogenated alkanes) is 1. The van der Waals surface area contributed by atoms with Crippen molar-refractivity contribution in [2.75, 3.05) is 31.3 Å². The molecule has 1 atom stereocenters. The summed E-state index contributed by atoms with van der Waals surface area (Å²) in [6.07, 6.45) is 4.38. The molecule has 210 valence electrons. The third-order valence-electron chi connectivity index (χ3n) is 5.76. The van der Waals surface area contributed by atoms with Gasteiger partial charge in [-0.2, -0.15) is 4.98 Å². The predicted molar refractivity (Wildman–Crippen MR) is 147 cm³/mol. The fourth-order valence-electron chi connectivity index (χ4n) is 3.30. The highest BCUT2D eigenvalue weighted by molar-refractivity contribution is 5.85. The minimum absolute atomic E-state index is 0.158. The van der Waals surface area contributed by atoms with E-state index < -0.39 is 23.6 Å². The van der Waals surface area contributed by atoms with Crippen LogP contribution in [0.25, 0.3) is 0 Å².